The van der Waals surface area contributed by atoms with Gasteiger partial charge in [0.2, 0.25) is 0 Å². The predicted molar refractivity (Wildman–Crippen MR) is 105 cm³/mol. The molecule has 0 aliphatic rings. The molecule has 0 bridgehead atoms. The highest BCUT2D eigenvalue weighted by Gasteiger charge is 2.04. The van der Waals surface area contributed by atoms with Crippen LogP contribution in [0.25, 0.3) is 0 Å². The Labute approximate surface area is 159 Å². The molecule has 3 aromatic carbocycles. The zero-order valence-electron chi connectivity index (χ0n) is 13.9. The molecule has 0 saturated heterocycles. The van der Waals surface area contributed by atoms with Gasteiger partial charge in [-0.3, -0.25) is 10.1 Å². The largest absolute Gasteiger partial charge is 0.489 e. The van der Waals surface area contributed by atoms with Crippen LogP contribution in [0.1, 0.15) is 11.1 Å². The number of nitro groups is 1. The summed E-state index contributed by atoms with van der Waals surface area (Å²) in [6, 6.07) is 22.2. The molecule has 26 heavy (non-hydrogen) atoms. The van der Waals surface area contributed by atoms with Crippen molar-refractivity contribution in [3.8, 4) is 5.75 Å². The maximum Gasteiger partial charge on any atom is 0.269 e. The Morgan fingerprint density at radius 2 is 1.69 bits per heavy atom. The Balaban J connectivity index is 1.56. The Bertz CT molecular complexity index is 880. The van der Waals surface area contributed by atoms with Crippen molar-refractivity contribution in [1.29, 1.82) is 0 Å². The van der Waals surface area contributed by atoms with Gasteiger partial charge in [0.1, 0.15) is 12.4 Å². The van der Waals surface area contributed by atoms with Crippen LogP contribution in [0.15, 0.2) is 77.3 Å². The van der Waals surface area contributed by atoms with Crippen molar-refractivity contribution in [2.45, 2.75) is 13.2 Å². The number of anilines is 1. The summed E-state index contributed by atoms with van der Waals surface area (Å²) in [7, 11) is 0. The average molecular weight is 413 g/mol. The lowest BCUT2D eigenvalue weighted by molar-refractivity contribution is -0.384. The van der Waals surface area contributed by atoms with Crippen molar-refractivity contribution >= 4 is 27.3 Å². The van der Waals surface area contributed by atoms with Crippen molar-refractivity contribution in [2.75, 3.05) is 5.32 Å². The molecule has 0 unspecified atom stereocenters. The number of halogens is 1. The summed E-state index contributed by atoms with van der Waals surface area (Å²) in [4.78, 5) is 10.3. The van der Waals surface area contributed by atoms with Crippen molar-refractivity contribution in [2.24, 2.45) is 0 Å². The first-order valence-corrected chi connectivity index (χ1v) is 8.84. The second-order valence-electron chi connectivity index (χ2n) is 5.72. The van der Waals surface area contributed by atoms with Crippen LogP contribution in [-0.4, -0.2) is 4.92 Å². The first-order valence-electron chi connectivity index (χ1n) is 8.05. The van der Waals surface area contributed by atoms with Gasteiger partial charge in [0.15, 0.2) is 0 Å². The Morgan fingerprint density at radius 1 is 0.962 bits per heavy atom. The highest BCUT2D eigenvalue weighted by Crippen LogP contribution is 2.19. The number of hydrogen-bond donors (Lipinski definition) is 1. The summed E-state index contributed by atoms with van der Waals surface area (Å²) in [6.07, 6.45) is 0. The molecule has 3 aromatic rings. The van der Waals surface area contributed by atoms with Crippen LogP contribution in [0, 0.1) is 10.1 Å². The highest BCUT2D eigenvalue weighted by atomic mass is 79.9. The van der Waals surface area contributed by atoms with Crippen LogP contribution in [0.2, 0.25) is 0 Å². The minimum atomic E-state index is -0.407. The molecule has 6 heteroatoms. The standard InChI is InChI=1S/C20H17BrN2O3/c21-17-6-4-15(5-7-17)14-26-20-3-1-2-16(12-20)13-22-18-8-10-19(11-9-18)23(24)25/h1-12,22H,13-14H2. The third-order valence-electron chi connectivity index (χ3n) is 3.79. The average Bonchev–Trinajstić information content (AvgIpc) is 2.66. The molecular weight excluding hydrogens is 396 g/mol. The van der Waals surface area contributed by atoms with E-state index in [0.29, 0.717) is 13.2 Å². The van der Waals surface area contributed by atoms with Gasteiger partial charge >= 0.3 is 0 Å². The van der Waals surface area contributed by atoms with Crippen LogP contribution in [0.3, 0.4) is 0 Å². The molecule has 0 spiro atoms. The van der Waals surface area contributed by atoms with Gasteiger partial charge < -0.3 is 10.1 Å². The molecule has 132 valence electrons. The molecular formula is C20H17BrN2O3. The lowest BCUT2D eigenvalue weighted by atomic mass is 10.2. The van der Waals surface area contributed by atoms with E-state index in [4.69, 9.17) is 4.74 Å². The summed E-state index contributed by atoms with van der Waals surface area (Å²) in [5.41, 5.74) is 3.08. The normalized spacial score (nSPS) is 10.3. The topological polar surface area (TPSA) is 64.4 Å². The van der Waals surface area contributed by atoms with Crippen molar-refractivity contribution in [3.05, 3.63) is 98.5 Å². The number of hydrogen-bond acceptors (Lipinski definition) is 4. The number of non-ortho nitro benzene ring substituents is 1. The SMILES string of the molecule is O=[N+]([O-])c1ccc(NCc2cccc(OCc3ccc(Br)cc3)c2)cc1. The van der Waals surface area contributed by atoms with Gasteiger partial charge in [-0.1, -0.05) is 40.2 Å². The second kappa shape index (κ2) is 8.49. The number of rotatable bonds is 7. The van der Waals surface area contributed by atoms with Gasteiger partial charge in [-0.05, 0) is 47.5 Å². The molecule has 0 amide bonds. The number of ether oxygens (including phenoxy) is 1. The molecule has 0 radical (unpaired) electrons. The molecule has 3 rings (SSSR count). The molecule has 5 nitrogen and oxygen atoms in total. The van der Waals surface area contributed by atoms with Gasteiger partial charge in [-0.2, -0.15) is 0 Å². The zero-order valence-corrected chi connectivity index (χ0v) is 15.5. The van der Waals surface area contributed by atoms with E-state index >= 15 is 0 Å². The smallest absolute Gasteiger partial charge is 0.269 e. The van der Waals surface area contributed by atoms with Crippen molar-refractivity contribution in [3.63, 3.8) is 0 Å². The van der Waals surface area contributed by atoms with Crippen molar-refractivity contribution in [1.82, 2.24) is 0 Å². The predicted octanol–water partition coefficient (Wildman–Crippen LogP) is 5.55. The Morgan fingerprint density at radius 3 is 2.38 bits per heavy atom. The maximum absolute atomic E-state index is 10.7. The number of nitrogens with one attached hydrogen (secondary N) is 1. The number of nitro benzene ring substituents is 1. The Hall–Kier alpha value is -2.86. The summed E-state index contributed by atoms with van der Waals surface area (Å²) in [6.45, 7) is 1.11. The maximum atomic E-state index is 10.7. The number of nitrogens with zero attached hydrogens (tertiary/aromatic N) is 1. The van der Waals surface area contributed by atoms with E-state index in [1.54, 1.807) is 12.1 Å². The summed E-state index contributed by atoms with van der Waals surface area (Å²) in [5, 5.41) is 13.9. The molecule has 0 aromatic heterocycles. The van der Waals surface area contributed by atoms with Gasteiger partial charge in [0.25, 0.3) is 5.69 Å². The fourth-order valence-electron chi connectivity index (χ4n) is 2.40. The van der Waals surface area contributed by atoms with E-state index in [2.05, 4.69) is 21.2 Å². The summed E-state index contributed by atoms with van der Waals surface area (Å²) < 4.78 is 6.89. The van der Waals surface area contributed by atoms with Crippen LogP contribution < -0.4 is 10.1 Å². The second-order valence-corrected chi connectivity index (χ2v) is 6.64. The summed E-state index contributed by atoms with van der Waals surface area (Å²) >= 11 is 3.42. The molecule has 0 aliphatic carbocycles. The van der Waals surface area contributed by atoms with Gasteiger partial charge in [0, 0.05) is 28.8 Å². The highest BCUT2D eigenvalue weighted by molar-refractivity contribution is 9.10. The van der Waals surface area contributed by atoms with E-state index < -0.39 is 4.92 Å². The zero-order chi connectivity index (χ0) is 18.4. The third kappa shape index (κ3) is 5.07. The Kier molecular flexibility index (Phi) is 5.86. The molecule has 1 N–H and O–H groups in total. The van der Waals surface area contributed by atoms with Crippen LogP contribution in [0.5, 0.6) is 5.75 Å². The van der Waals surface area contributed by atoms with Crippen molar-refractivity contribution < 1.29 is 9.66 Å². The van der Waals surface area contributed by atoms with E-state index in [1.807, 2.05) is 48.5 Å². The van der Waals surface area contributed by atoms with E-state index in [1.165, 1.54) is 12.1 Å². The minimum absolute atomic E-state index is 0.0823. The van der Waals surface area contributed by atoms with E-state index in [9.17, 15) is 10.1 Å². The summed E-state index contributed by atoms with van der Waals surface area (Å²) in [5.74, 6) is 0.802. The monoisotopic (exact) mass is 412 g/mol. The van der Waals surface area contributed by atoms with E-state index in [-0.39, 0.29) is 5.69 Å². The lowest BCUT2D eigenvalue weighted by Gasteiger charge is -2.10. The molecule has 0 heterocycles. The quantitative estimate of drug-likeness (QED) is 0.408. The first kappa shape index (κ1) is 17.9. The molecule has 0 fully saturated rings. The lowest BCUT2D eigenvalue weighted by Crippen LogP contribution is -2.01. The van der Waals surface area contributed by atoms with Crippen LogP contribution >= 0.6 is 15.9 Å². The fraction of sp³-hybridized carbons (Fsp3) is 0.100. The fourth-order valence-corrected chi connectivity index (χ4v) is 2.66. The third-order valence-corrected chi connectivity index (χ3v) is 4.32. The van der Waals surface area contributed by atoms with Crippen LogP contribution in [-0.2, 0) is 13.2 Å². The molecule has 0 aliphatic heterocycles. The van der Waals surface area contributed by atoms with E-state index in [0.717, 1.165) is 27.0 Å². The van der Waals surface area contributed by atoms with Gasteiger partial charge in [-0.15, -0.1) is 0 Å². The van der Waals surface area contributed by atoms with Gasteiger partial charge in [-0.25, -0.2) is 0 Å². The molecule has 0 atom stereocenters. The first-order chi connectivity index (χ1) is 12.6. The number of benzene rings is 3. The minimum Gasteiger partial charge on any atom is -0.489 e. The van der Waals surface area contributed by atoms with Gasteiger partial charge in [0.05, 0.1) is 4.92 Å². The molecule has 0 saturated carbocycles. The van der Waals surface area contributed by atoms with Crippen LogP contribution in [0.4, 0.5) is 11.4 Å².